The Morgan fingerprint density at radius 1 is 1.12 bits per heavy atom. The molecule has 6 nitrogen and oxygen atoms in total. The lowest BCUT2D eigenvalue weighted by molar-refractivity contribution is 0.0205. The van der Waals surface area contributed by atoms with Crippen LogP contribution in [-0.4, -0.2) is 48.9 Å². The fraction of sp³-hybridized carbons (Fsp3) is 0.556. The van der Waals surface area contributed by atoms with Gasteiger partial charge < -0.3 is 14.4 Å². The summed E-state index contributed by atoms with van der Waals surface area (Å²) in [5.74, 6) is 0. The van der Waals surface area contributed by atoms with Crippen molar-refractivity contribution in [1.82, 2.24) is 4.90 Å². The molecule has 24 heavy (non-hydrogen) atoms. The zero-order valence-electron chi connectivity index (χ0n) is 14.8. The molecule has 6 heteroatoms. The maximum atomic E-state index is 12.2. The molecule has 2 amide bonds. The fourth-order valence-corrected chi connectivity index (χ4v) is 2.79. The van der Waals surface area contributed by atoms with E-state index >= 15 is 0 Å². The molecule has 0 aliphatic carbocycles. The predicted molar refractivity (Wildman–Crippen MR) is 92.2 cm³/mol. The Balaban J connectivity index is 2.03. The third-order valence-corrected chi connectivity index (χ3v) is 3.89. The highest BCUT2D eigenvalue weighted by molar-refractivity contribution is 5.88. The maximum Gasteiger partial charge on any atom is 0.414 e. The van der Waals surface area contributed by atoms with E-state index in [0.717, 1.165) is 5.69 Å². The minimum absolute atomic E-state index is 0.00135. The van der Waals surface area contributed by atoms with E-state index in [4.69, 9.17) is 9.47 Å². The zero-order valence-corrected chi connectivity index (χ0v) is 14.8. The Labute approximate surface area is 143 Å². The van der Waals surface area contributed by atoms with Gasteiger partial charge in [0.2, 0.25) is 0 Å². The quantitative estimate of drug-likeness (QED) is 0.828. The monoisotopic (exact) mass is 334 g/mol. The second kappa shape index (κ2) is 7.55. The molecule has 1 saturated heterocycles. The molecule has 0 N–H and O–H groups in total. The van der Waals surface area contributed by atoms with Gasteiger partial charge in [0.15, 0.2) is 0 Å². The van der Waals surface area contributed by atoms with Crippen molar-refractivity contribution in [1.29, 1.82) is 0 Å². The minimum atomic E-state index is -0.504. The molecule has 132 valence electrons. The number of rotatable bonds is 2. The van der Waals surface area contributed by atoms with Crippen LogP contribution in [0.3, 0.4) is 0 Å². The molecule has 1 aliphatic rings. The lowest BCUT2D eigenvalue weighted by Crippen LogP contribution is -2.49. The third-order valence-electron chi connectivity index (χ3n) is 3.89. The van der Waals surface area contributed by atoms with Gasteiger partial charge in [-0.1, -0.05) is 18.2 Å². The SMILES string of the molecule is COC(=O)N(c1ccccc1)C1CCN(C(=O)OC(C)(C)C)CC1. The lowest BCUT2D eigenvalue weighted by Gasteiger charge is -2.38. The molecule has 0 saturated carbocycles. The first kappa shape index (κ1) is 18.1. The average molecular weight is 334 g/mol. The Morgan fingerprint density at radius 2 is 1.71 bits per heavy atom. The van der Waals surface area contributed by atoms with E-state index in [2.05, 4.69) is 0 Å². The summed E-state index contributed by atoms with van der Waals surface area (Å²) in [4.78, 5) is 27.7. The molecule has 1 aliphatic heterocycles. The molecule has 0 spiro atoms. The largest absolute Gasteiger partial charge is 0.452 e. The molecule has 0 radical (unpaired) electrons. The van der Waals surface area contributed by atoms with Crippen molar-refractivity contribution < 1.29 is 19.1 Å². The molecule has 0 unspecified atom stereocenters. The van der Waals surface area contributed by atoms with Crippen LogP contribution in [0.2, 0.25) is 0 Å². The summed E-state index contributed by atoms with van der Waals surface area (Å²) in [5, 5.41) is 0. The van der Waals surface area contributed by atoms with E-state index in [0.29, 0.717) is 25.9 Å². The van der Waals surface area contributed by atoms with Gasteiger partial charge in [0.05, 0.1) is 7.11 Å². The summed E-state index contributed by atoms with van der Waals surface area (Å²) >= 11 is 0. The Kier molecular flexibility index (Phi) is 5.70. The van der Waals surface area contributed by atoms with E-state index in [-0.39, 0.29) is 18.2 Å². The van der Waals surface area contributed by atoms with Gasteiger partial charge in [-0.05, 0) is 45.7 Å². The predicted octanol–water partition coefficient (Wildman–Crippen LogP) is 3.66. The highest BCUT2D eigenvalue weighted by Crippen LogP contribution is 2.25. The number of hydrogen-bond donors (Lipinski definition) is 0. The molecule has 1 heterocycles. The van der Waals surface area contributed by atoms with Gasteiger partial charge in [-0.2, -0.15) is 0 Å². The number of methoxy groups -OCH3 is 1. The van der Waals surface area contributed by atoms with Gasteiger partial charge in [-0.3, -0.25) is 4.90 Å². The minimum Gasteiger partial charge on any atom is -0.452 e. The van der Waals surface area contributed by atoms with Crippen molar-refractivity contribution in [2.75, 3.05) is 25.1 Å². The van der Waals surface area contributed by atoms with E-state index in [1.807, 2.05) is 51.1 Å². The van der Waals surface area contributed by atoms with Gasteiger partial charge in [-0.15, -0.1) is 0 Å². The molecular weight excluding hydrogens is 308 g/mol. The number of benzene rings is 1. The number of carbonyl (C=O) groups is 2. The highest BCUT2D eigenvalue weighted by atomic mass is 16.6. The normalized spacial score (nSPS) is 15.8. The summed E-state index contributed by atoms with van der Waals surface area (Å²) in [6.07, 6.45) is 0.689. The number of carbonyl (C=O) groups excluding carboxylic acids is 2. The molecule has 1 aromatic rings. The van der Waals surface area contributed by atoms with Gasteiger partial charge in [0.25, 0.3) is 0 Å². The van der Waals surface area contributed by atoms with Gasteiger partial charge in [0.1, 0.15) is 5.60 Å². The average Bonchev–Trinajstić information content (AvgIpc) is 2.55. The summed E-state index contributed by atoms with van der Waals surface area (Å²) < 4.78 is 10.3. The van der Waals surface area contributed by atoms with Gasteiger partial charge in [-0.25, -0.2) is 9.59 Å². The summed E-state index contributed by atoms with van der Waals surface area (Å²) in [5.41, 5.74) is 0.302. The standard InChI is InChI=1S/C18H26N2O4/c1-18(2,3)24-16(21)19-12-10-15(11-13-19)20(17(22)23-4)14-8-6-5-7-9-14/h5-9,15H,10-13H2,1-4H3. The summed E-state index contributed by atoms with van der Waals surface area (Å²) in [6.45, 7) is 6.67. The number of likely N-dealkylation sites (tertiary alicyclic amines) is 1. The van der Waals surface area contributed by atoms with Crippen LogP contribution in [0.5, 0.6) is 0 Å². The van der Waals surface area contributed by atoms with Gasteiger partial charge in [0, 0.05) is 24.8 Å². The number of anilines is 1. The molecular formula is C18H26N2O4. The zero-order chi connectivity index (χ0) is 17.7. The smallest absolute Gasteiger partial charge is 0.414 e. The van der Waals surface area contributed by atoms with E-state index in [1.54, 1.807) is 9.80 Å². The van der Waals surface area contributed by atoms with Crippen LogP contribution in [0.25, 0.3) is 0 Å². The molecule has 2 rings (SSSR count). The van der Waals surface area contributed by atoms with Crippen LogP contribution in [0.15, 0.2) is 30.3 Å². The first-order valence-corrected chi connectivity index (χ1v) is 8.22. The summed E-state index contributed by atoms with van der Waals surface area (Å²) in [6, 6.07) is 9.46. The number of ether oxygens (including phenoxy) is 2. The molecule has 0 aromatic heterocycles. The summed E-state index contributed by atoms with van der Waals surface area (Å²) in [7, 11) is 1.38. The first-order chi connectivity index (χ1) is 11.3. The third kappa shape index (κ3) is 4.63. The number of hydrogen-bond acceptors (Lipinski definition) is 4. The van der Waals surface area contributed by atoms with Crippen LogP contribution in [0.1, 0.15) is 33.6 Å². The lowest BCUT2D eigenvalue weighted by atomic mass is 10.0. The number of piperidine rings is 1. The van der Waals surface area contributed by atoms with Crippen molar-refractivity contribution in [2.24, 2.45) is 0 Å². The Morgan fingerprint density at radius 3 is 2.21 bits per heavy atom. The van der Waals surface area contributed by atoms with E-state index < -0.39 is 5.60 Å². The van der Waals surface area contributed by atoms with E-state index in [1.165, 1.54) is 7.11 Å². The molecule has 0 atom stereocenters. The van der Waals surface area contributed by atoms with Crippen molar-refractivity contribution in [3.05, 3.63) is 30.3 Å². The molecule has 1 fully saturated rings. The second-order valence-corrected chi connectivity index (χ2v) is 6.87. The van der Waals surface area contributed by atoms with Crippen LogP contribution >= 0.6 is 0 Å². The highest BCUT2D eigenvalue weighted by Gasteiger charge is 2.32. The topological polar surface area (TPSA) is 59.1 Å². The molecule has 1 aromatic carbocycles. The van der Waals surface area contributed by atoms with Crippen molar-refractivity contribution in [3.8, 4) is 0 Å². The van der Waals surface area contributed by atoms with Crippen LogP contribution < -0.4 is 4.90 Å². The number of amides is 2. The van der Waals surface area contributed by atoms with Crippen molar-refractivity contribution >= 4 is 17.9 Å². The van der Waals surface area contributed by atoms with Crippen molar-refractivity contribution in [2.45, 2.75) is 45.3 Å². The van der Waals surface area contributed by atoms with Crippen LogP contribution in [0, 0.1) is 0 Å². The number of nitrogens with zero attached hydrogens (tertiary/aromatic N) is 2. The van der Waals surface area contributed by atoms with Crippen molar-refractivity contribution in [3.63, 3.8) is 0 Å². The maximum absolute atomic E-state index is 12.2. The first-order valence-electron chi connectivity index (χ1n) is 8.22. The number of para-hydroxylation sites is 1. The Hall–Kier alpha value is -2.24. The fourth-order valence-electron chi connectivity index (χ4n) is 2.79. The van der Waals surface area contributed by atoms with E-state index in [9.17, 15) is 9.59 Å². The van der Waals surface area contributed by atoms with Crippen LogP contribution in [0.4, 0.5) is 15.3 Å². The van der Waals surface area contributed by atoms with Crippen LogP contribution in [-0.2, 0) is 9.47 Å². The van der Waals surface area contributed by atoms with Gasteiger partial charge >= 0.3 is 12.2 Å². The molecule has 0 bridgehead atoms. The second-order valence-electron chi connectivity index (χ2n) is 6.87. The Bertz CT molecular complexity index is 560.